The number of nitrogens with one attached hydrogen (secondary N) is 2. The van der Waals surface area contributed by atoms with Crippen molar-refractivity contribution in [3.8, 4) is 11.4 Å². The highest BCUT2D eigenvalue weighted by atomic mass is 19.1. The molecule has 3 rings (SSSR count). The lowest BCUT2D eigenvalue weighted by atomic mass is 10.1. The molecule has 2 heterocycles. The highest BCUT2D eigenvalue weighted by Gasteiger charge is 2.21. The molecule has 0 aliphatic carbocycles. The van der Waals surface area contributed by atoms with Gasteiger partial charge in [-0.2, -0.15) is 0 Å². The first-order chi connectivity index (χ1) is 14.4. The molecule has 0 saturated heterocycles. The molecule has 158 valence electrons. The number of carbonyl (C=O) groups excluding carboxylic acids is 1. The van der Waals surface area contributed by atoms with Gasteiger partial charge in [-0.1, -0.05) is 17.3 Å². The zero-order chi connectivity index (χ0) is 21.7. The Balaban J connectivity index is 1.75. The largest absolute Gasteiger partial charge is 0.351 e. The summed E-state index contributed by atoms with van der Waals surface area (Å²) in [6.45, 7) is 0.416. The predicted molar refractivity (Wildman–Crippen MR) is 104 cm³/mol. The first-order valence-electron chi connectivity index (χ1n) is 8.92. The fraction of sp³-hybridized carbons (Fsp3) is 0.263. The number of pyridine rings is 1. The van der Waals surface area contributed by atoms with E-state index in [1.54, 1.807) is 19.2 Å². The number of aryl methyl sites for hydroxylation is 1. The third-order valence-electron chi connectivity index (χ3n) is 4.07. The van der Waals surface area contributed by atoms with Gasteiger partial charge in [-0.25, -0.2) is 13.5 Å². The van der Waals surface area contributed by atoms with Crippen LogP contribution in [0.3, 0.4) is 0 Å². The number of halogens is 2. The molecule has 3 aromatic rings. The number of ether oxygens (including phenoxy) is 1. The molecule has 0 aliphatic heterocycles. The first-order valence-corrected chi connectivity index (χ1v) is 8.92. The number of carbonyl (C=O) groups is 1. The summed E-state index contributed by atoms with van der Waals surface area (Å²) in [7, 11) is 1.58. The van der Waals surface area contributed by atoms with E-state index in [9.17, 15) is 18.7 Å². The van der Waals surface area contributed by atoms with Crippen LogP contribution in [0.1, 0.15) is 18.6 Å². The van der Waals surface area contributed by atoms with Crippen molar-refractivity contribution in [1.82, 2.24) is 20.0 Å². The van der Waals surface area contributed by atoms with Gasteiger partial charge in [0, 0.05) is 14.0 Å². The molecule has 0 aliphatic rings. The SMILES string of the molecule is CC(=O)Nc1ccc(-c2nnn(C)c2NC(O)O[C@H](CF)c2cccc(F)c2)nc1. The summed E-state index contributed by atoms with van der Waals surface area (Å²) in [4.78, 5) is 15.3. The third-order valence-corrected chi connectivity index (χ3v) is 4.07. The second-order valence-electron chi connectivity index (χ2n) is 6.35. The molecule has 9 nitrogen and oxygen atoms in total. The summed E-state index contributed by atoms with van der Waals surface area (Å²) in [5.74, 6) is -0.504. The lowest BCUT2D eigenvalue weighted by Gasteiger charge is -2.21. The van der Waals surface area contributed by atoms with Gasteiger partial charge in [0.15, 0.2) is 11.5 Å². The standard InChI is InChI=1S/C19H20F2N6O3/c1-11(28)23-14-6-7-15(22-10-14)17-18(27(2)26-25-17)24-19(29)30-16(9-20)12-4-3-5-13(21)8-12/h3-8,10,16,19,24,29H,9H2,1-2H3,(H,23,28)/t16-,19?/m1/s1. The molecule has 1 amide bonds. The highest BCUT2D eigenvalue weighted by molar-refractivity contribution is 5.88. The fourth-order valence-electron chi connectivity index (χ4n) is 2.72. The van der Waals surface area contributed by atoms with Crippen molar-refractivity contribution in [2.24, 2.45) is 7.05 Å². The van der Waals surface area contributed by atoms with Gasteiger partial charge in [0.05, 0.1) is 17.6 Å². The monoisotopic (exact) mass is 418 g/mol. The van der Waals surface area contributed by atoms with Crippen molar-refractivity contribution < 1.29 is 23.4 Å². The number of anilines is 2. The van der Waals surface area contributed by atoms with Gasteiger partial charge in [-0.15, -0.1) is 5.10 Å². The van der Waals surface area contributed by atoms with Crippen LogP contribution in [0.25, 0.3) is 11.4 Å². The van der Waals surface area contributed by atoms with E-state index < -0.39 is 25.0 Å². The van der Waals surface area contributed by atoms with E-state index in [0.29, 0.717) is 17.1 Å². The molecule has 1 aromatic carbocycles. The maximum absolute atomic E-state index is 13.4. The van der Waals surface area contributed by atoms with E-state index >= 15 is 0 Å². The van der Waals surface area contributed by atoms with Crippen LogP contribution in [0.5, 0.6) is 0 Å². The minimum absolute atomic E-state index is 0.229. The summed E-state index contributed by atoms with van der Waals surface area (Å²) in [5, 5.41) is 23.4. The number of benzene rings is 1. The fourth-order valence-corrected chi connectivity index (χ4v) is 2.72. The van der Waals surface area contributed by atoms with E-state index in [0.717, 1.165) is 6.07 Å². The number of hydrogen-bond acceptors (Lipinski definition) is 7. The minimum atomic E-state index is -1.64. The van der Waals surface area contributed by atoms with Gasteiger partial charge in [0.1, 0.15) is 18.6 Å². The molecule has 11 heteroatoms. The number of aromatic nitrogens is 4. The second-order valence-corrected chi connectivity index (χ2v) is 6.35. The average molecular weight is 418 g/mol. The van der Waals surface area contributed by atoms with Gasteiger partial charge in [-0.3, -0.25) is 9.78 Å². The topological polar surface area (TPSA) is 114 Å². The molecule has 0 bridgehead atoms. The van der Waals surface area contributed by atoms with Gasteiger partial charge in [0.25, 0.3) is 0 Å². The average Bonchev–Trinajstić information content (AvgIpc) is 3.06. The summed E-state index contributed by atoms with van der Waals surface area (Å²) in [6, 6.07) is 8.54. The Labute approximate surface area is 170 Å². The molecule has 30 heavy (non-hydrogen) atoms. The van der Waals surface area contributed by atoms with Crippen molar-refractivity contribution >= 4 is 17.4 Å². The van der Waals surface area contributed by atoms with Gasteiger partial charge in [-0.05, 0) is 29.8 Å². The Bertz CT molecular complexity index is 1010. The van der Waals surface area contributed by atoms with E-state index in [1.807, 2.05) is 0 Å². The van der Waals surface area contributed by atoms with Crippen molar-refractivity contribution in [2.45, 2.75) is 19.4 Å². The van der Waals surface area contributed by atoms with Crippen LogP contribution >= 0.6 is 0 Å². The van der Waals surface area contributed by atoms with Crippen molar-refractivity contribution in [3.63, 3.8) is 0 Å². The Morgan fingerprint density at radius 1 is 1.33 bits per heavy atom. The summed E-state index contributed by atoms with van der Waals surface area (Å²) < 4.78 is 33.4. The van der Waals surface area contributed by atoms with Crippen LogP contribution in [0.2, 0.25) is 0 Å². The zero-order valence-corrected chi connectivity index (χ0v) is 16.2. The maximum atomic E-state index is 13.4. The van der Waals surface area contributed by atoms with E-state index in [-0.39, 0.29) is 17.3 Å². The number of aliphatic hydroxyl groups excluding tert-OH is 1. The highest BCUT2D eigenvalue weighted by Crippen LogP contribution is 2.26. The third kappa shape index (κ3) is 5.13. The molecular formula is C19H20F2N6O3. The number of nitrogens with zero attached hydrogens (tertiary/aromatic N) is 4. The van der Waals surface area contributed by atoms with Gasteiger partial charge >= 0.3 is 0 Å². The molecule has 0 radical (unpaired) electrons. The van der Waals surface area contributed by atoms with E-state index in [4.69, 9.17) is 4.74 Å². The number of rotatable bonds is 8. The Kier molecular flexibility index (Phi) is 6.65. The predicted octanol–water partition coefficient (Wildman–Crippen LogP) is 2.39. The second kappa shape index (κ2) is 9.37. The van der Waals surface area contributed by atoms with Gasteiger partial charge in [0.2, 0.25) is 12.3 Å². The van der Waals surface area contributed by atoms with Crippen LogP contribution in [-0.2, 0) is 16.6 Å². The van der Waals surface area contributed by atoms with Crippen LogP contribution < -0.4 is 10.6 Å². The molecule has 2 atom stereocenters. The van der Waals surface area contributed by atoms with Crippen LogP contribution in [-0.4, -0.2) is 44.1 Å². The van der Waals surface area contributed by atoms with Gasteiger partial charge < -0.3 is 20.5 Å². The maximum Gasteiger partial charge on any atom is 0.237 e. The number of aliphatic hydroxyl groups is 1. The molecule has 3 N–H and O–H groups in total. The lowest BCUT2D eigenvalue weighted by Crippen LogP contribution is -2.27. The summed E-state index contributed by atoms with van der Waals surface area (Å²) in [5.41, 5.74) is 1.47. The molecule has 0 saturated carbocycles. The lowest BCUT2D eigenvalue weighted by molar-refractivity contribution is -0.125. The molecule has 0 fully saturated rings. The Hall–Kier alpha value is -3.44. The Morgan fingerprint density at radius 2 is 2.13 bits per heavy atom. The van der Waals surface area contributed by atoms with E-state index in [1.165, 1.54) is 36.0 Å². The van der Waals surface area contributed by atoms with Crippen LogP contribution in [0.15, 0.2) is 42.6 Å². The molecular weight excluding hydrogens is 398 g/mol. The number of amides is 1. The minimum Gasteiger partial charge on any atom is -0.351 e. The number of hydrogen-bond donors (Lipinski definition) is 3. The summed E-state index contributed by atoms with van der Waals surface area (Å²) in [6.07, 6.45) is -1.36. The zero-order valence-electron chi connectivity index (χ0n) is 16.2. The van der Waals surface area contributed by atoms with Crippen molar-refractivity contribution in [1.29, 1.82) is 0 Å². The smallest absolute Gasteiger partial charge is 0.237 e. The van der Waals surface area contributed by atoms with Crippen molar-refractivity contribution in [3.05, 3.63) is 54.0 Å². The number of alkyl halides is 1. The molecule has 2 aromatic heterocycles. The quantitative estimate of drug-likeness (QED) is 0.481. The van der Waals surface area contributed by atoms with Crippen LogP contribution in [0.4, 0.5) is 20.3 Å². The van der Waals surface area contributed by atoms with E-state index in [2.05, 4.69) is 25.9 Å². The summed E-state index contributed by atoms with van der Waals surface area (Å²) >= 11 is 0. The first kappa shape index (κ1) is 21.3. The van der Waals surface area contributed by atoms with Crippen molar-refractivity contribution in [2.75, 3.05) is 17.3 Å². The molecule has 0 spiro atoms. The van der Waals surface area contributed by atoms with Crippen LogP contribution in [0, 0.1) is 5.82 Å². The molecule has 1 unspecified atom stereocenters. The Morgan fingerprint density at radius 3 is 2.77 bits per heavy atom. The normalized spacial score (nSPS) is 13.0.